The summed E-state index contributed by atoms with van der Waals surface area (Å²) < 4.78 is 71.0. The summed E-state index contributed by atoms with van der Waals surface area (Å²) in [6.45, 7) is 14.9. The molecule has 0 saturated heterocycles. The summed E-state index contributed by atoms with van der Waals surface area (Å²) in [5.41, 5.74) is 1.38. The summed E-state index contributed by atoms with van der Waals surface area (Å²) in [6.07, 6.45) is 10.5. The van der Waals surface area contributed by atoms with Crippen LogP contribution in [0.1, 0.15) is 57.4 Å². The van der Waals surface area contributed by atoms with Crippen molar-refractivity contribution in [3.8, 4) is 5.75 Å². The van der Waals surface area contributed by atoms with E-state index >= 15 is 0 Å². The van der Waals surface area contributed by atoms with Gasteiger partial charge >= 0.3 is 0 Å². The Bertz CT molecular complexity index is 818. The third-order valence-electron chi connectivity index (χ3n) is 7.64. The Morgan fingerprint density at radius 1 is 0.321 bits per heavy atom. The van der Waals surface area contributed by atoms with Crippen LogP contribution in [0.5, 0.6) is 5.75 Å². The summed E-state index contributed by atoms with van der Waals surface area (Å²) >= 11 is 0. The van der Waals surface area contributed by atoms with E-state index < -0.39 is 0 Å². The van der Waals surface area contributed by atoms with Crippen LogP contribution in [0.4, 0.5) is 0 Å². The lowest BCUT2D eigenvalue weighted by Crippen LogP contribution is -2.15. The van der Waals surface area contributed by atoms with E-state index in [0.29, 0.717) is 159 Å². The Morgan fingerprint density at radius 3 is 0.925 bits per heavy atom. The number of aryl methyl sites for hydroxylation is 1. The van der Waals surface area contributed by atoms with Crippen LogP contribution >= 0.6 is 0 Å². The highest BCUT2D eigenvalue weighted by Gasteiger charge is 1.99. The van der Waals surface area contributed by atoms with Gasteiger partial charge in [0, 0.05) is 7.11 Å². The normalized spacial score (nSPS) is 11.5. The van der Waals surface area contributed by atoms with Crippen molar-refractivity contribution in [2.45, 2.75) is 58.3 Å². The largest absolute Gasteiger partial charge is 0.491 e. The molecule has 0 N–H and O–H groups in total. The van der Waals surface area contributed by atoms with Gasteiger partial charge < -0.3 is 61.6 Å². The maximum absolute atomic E-state index is 5.79. The molecule has 1 aromatic rings. The molecule has 53 heavy (non-hydrogen) atoms. The fourth-order valence-corrected chi connectivity index (χ4v) is 4.70. The van der Waals surface area contributed by atoms with Crippen LogP contribution in [0.25, 0.3) is 0 Å². The highest BCUT2D eigenvalue weighted by molar-refractivity contribution is 5.27. The van der Waals surface area contributed by atoms with E-state index in [2.05, 4.69) is 31.2 Å². The summed E-state index contributed by atoms with van der Waals surface area (Å²) in [5.74, 6) is 0.886. The van der Waals surface area contributed by atoms with E-state index in [1.165, 1.54) is 50.5 Å². The van der Waals surface area contributed by atoms with Gasteiger partial charge in [-0.15, -0.1) is 0 Å². The number of ether oxygens (including phenoxy) is 13. The van der Waals surface area contributed by atoms with Crippen LogP contribution in [0.3, 0.4) is 0 Å². The molecule has 0 aliphatic carbocycles. The molecule has 0 amide bonds. The Labute approximate surface area is 320 Å². The number of methoxy groups -OCH3 is 1. The van der Waals surface area contributed by atoms with Crippen molar-refractivity contribution in [2.24, 2.45) is 0 Å². The van der Waals surface area contributed by atoms with Crippen LogP contribution < -0.4 is 4.74 Å². The predicted molar refractivity (Wildman–Crippen MR) is 205 cm³/mol. The van der Waals surface area contributed by atoms with Gasteiger partial charge in [-0.3, -0.25) is 0 Å². The summed E-state index contributed by atoms with van der Waals surface area (Å²) in [7, 11) is 1.65. The zero-order valence-corrected chi connectivity index (χ0v) is 33.2. The van der Waals surface area contributed by atoms with Crippen LogP contribution in [0.2, 0.25) is 0 Å². The SMILES string of the molecule is CCCCCCCCCc1ccc(OCCOCCOCCOCCOCCOCCOCCOCCOCCOCCOCCOCCOC)cc1. The van der Waals surface area contributed by atoms with Gasteiger partial charge in [-0.2, -0.15) is 0 Å². The molecule has 1 aromatic carbocycles. The monoisotopic (exact) mass is 763 g/mol. The third kappa shape index (κ3) is 38.6. The molecular formula is C40H74O13. The first-order valence-corrected chi connectivity index (χ1v) is 19.9. The molecule has 0 spiro atoms. The van der Waals surface area contributed by atoms with Gasteiger partial charge in [-0.1, -0.05) is 57.6 Å². The second-order valence-corrected chi connectivity index (χ2v) is 12.1. The van der Waals surface area contributed by atoms with Gasteiger partial charge in [0.2, 0.25) is 0 Å². The Hall–Kier alpha value is -1.46. The topological polar surface area (TPSA) is 120 Å². The number of benzene rings is 1. The highest BCUT2D eigenvalue weighted by Crippen LogP contribution is 2.15. The van der Waals surface area contributed by atoms with Gasteiger partial charge in [0.15, 0.2) is 0 Å². The summed E-state index contributed by atoms with van der Waals surface area (Å²) in [4.78, 5) is 0. The smallest absolute Gasteiger partial charge is 0.119 e. The Kier molecular flexibility index (Phi) is 40.5. The Balaban J connectivity index is 1.68. The van der Waals surface area contributed by atoms with E-state index in [1.54, 1.807) is 7.11 Å². The van der Waals surface area contributed by atoms with E-state index in [1.807, 2.05) is 0 Å². The standard InChI is InChI=1S/C40H74O13/c1-3-4-5-6-7-8-9-10-39-11-13-40(14-12-39)53-38-37-52-36-35-51-34-33-50-32-31-49-30-29-48-28-27-47-26-25-46-24-23-45-22-21-44-20-19-43-18-17-42-16-15-41-2/h11-14H,3-10,15-38H2,1-2H3. The zero-order valence-electron chi connectivity index (χ0n) is 33.2. The molecule has 312 valence electrons. The molecule has 0 heterocycles. The minimum Gasteiger partial charge on any atom is -0.491 e. The Morgan fingerprint density at radius 2 is 0.604 bits per heavy atom. The lowest BCUT2D eigenvalue weighted by Gasteiger charge is -2.09. The molecule has 0 unspecified atom stereocenters. The zero-order chi connectivity index (χ0) is 37.8. The van der Waals surface area contributed by atoms with E-state index in [0.717, 1.165) is 12.2 Å². The van der Waals surface area contributed by atoms with Crippen molar-refractivity contribution in [3.63, 3.8) is 0 Å². The molecule has 0 fully saturated rings. The van der Waals surface area contributed by atoms with Crippen molar-refractivity contribution in [1.82, 2.24) is 0 Å². The molecule has 0 aromatic heterocycles. The van der Waals surface area contributed by atoms with Crippen molar-refractivity contribution in [2.75, 3.05) is 166 Å². The van der Waals surface area contributed by atoms with Gasteiger partial charge in [-0.25, -0.2) is 0 Å². The van der Waals surface area contributed by atoms with E-state index in [9.17, 15) is 0 Å². The van der Waals surface area contributed by atoms with Gasteiger partial charge in [0.05, 0.1) is 152 Å². The second kappa shape index (κ2) is 43.3. The second-order valence-electron chi connectivity index (χ2n) is 12.1. The molecule has 0 radical (unpaired) electrons. The van der Waals surface area contributed by atoms with Crippen LogP contribution in [-0.2, 0) is 63.3 Å². The fraction of sp³-hybridized carbons (Fsp3) is 0.850. The molecule has 0 atom stereocenters. The van der Waals surface area contributed by atoms with Crippen molar-refractivity contribution >= 4 is 0 Å². The molecule has 1 rings (SSSR count). The maximum atomic E-state index is 5.79. The lowest BCUT2D eigenvalue weighted by molar-refractivity contribution is -0.0282. The molecule has 0 bridgehead atoms. The average molecular weight is 763 g/mol. The minimum atomic E-state index is 0.511. The number of hydrogen-bond donors (Lipinski definition) is 0. The molecule has 0 aliphatic heterocycles. The van der Waals surface area contributed by atoms with Crippen molar-refractivity contribution in [1.29, 1.82) is 0 Å². The van der Waals surface area contributed by atoms with Crippen molar-refractivity contribution in [3.05, 3.63) is 29.8 Å². The molecular weight excluding hydrogens is 688 g/mol. The lowest BCUT2D eigenvalue weighted by atomic mass is 10.0. The van der Waals surface area contributed by atoms with Crippen LogP contribution in [-0.4, -0.2) is 166 Å². The first-order valence-electron chi connectivity index (χ1n) is 19.9. The van der Waals surface area contributed by atoms with Gasteiger partial charge in [0.25, 0.3) is 0 Å². The molecule has 13 nitrogen and oxygen atoms in total. The predicted octanol–water partition coefficient (Wildman–Crippen LogP) is 5.19. The molecule has 0 aliphatic rings. The number of rotatable bonds is 45. The van der Waals surface area contributed by atoms with E-state index in [4.69, 9.17) is 61.6 Å². The van der Waals surface area contributed by atoms with Crippen LogP contribution in [0, 0.1) is 0 Å². The fourth-order valence-electron chi connectivity index (χ4n) is 4.70. The highest BCUT2D eigenvalue weighted by atomic mass is 16.6. The van der Waals surface area contributed by atoms with Gasteiger partial charge in [-0.05, 0) is 30.5 Å². The van der Waals surface area contributed by atoms with E-state index in [-0.39, 0.29) is 0 Å². The average Bonchev–Trinajstić information content (AvgIpc) is 3.18. The number of hydrogen-bond acceptors (Lipinski definition) is 13. The third-order valence-corrected chi connectivity index (χ3v) is 7.64. The summed E-state index contributed by atoms with van der Waals surface area (Å²) in [5, 5.41) is 0. The van der Waals surface area contributed by atoms with Gasteiger partial charge in [0.1, 0.15) is 12.4 Å². The maximum Gasteiger partial charge on any atom is 0.119 e. The first-order chi connectivity index (χ1) is 26.4. The first kappa shape index (κ1) is 49.6. The van der Waals surface area contributed by atoms with Crippen molar-refractivity contribution < 1.29 is 61.6 Å². The molecule has 0 saturated carbocycles. The number of unbranched alkanes of at least 4 members (excludes halogenated alkanes) is 6. The minimum absolute atomic E-state index is 0.511. The van der Waals surface area contributed by atoms with Crippen LogP contribution in [0.15, 0.2) is 24.3 Å². The molecule has 13 heteroatoms. The quantitative estimate of drug-likeness (QED) is 0.0813. The summed E-state index contributed by atoms with van der Waals surface area (Å²) in [6, 6.07) is 8.45.